The Morgan fingerprint density at radius 1 is 1.13 bits per heavy atom. The Hall–Kier alpha value is -3.19. The van der Waals surface area contributed by atoms with Gasteiger partial charge in [-0.1, -0.05) is 36.4 Å². The third-order valence-corrected chi connectivity index (χ3v) is 6.55. The van der Waals surface area contributed by atoms with Gasteiger partial charge in [0.15, 0.2) is 0 Å². The molecule has 2 heterocycles. The highest BCUT2D eigenvalue weighted by Crippen LogP contribution is 2.50. The van der Waals surface area contributed by atoms with Crippen LogP contribution in [0.15, 0.2) is 48.5 Å². The van der Waals surface area contributed by atoms with E-state index in [2.05, 4.69) is 5.32 Å². The molecule has 2 amide bonds. The molecule has 2 fully saturated rings. The van der Waals surface area contributed by atoms with Crippen LogP contribution in [-0.2, 0) is 25.5 Å². The Bertz CT molecular complexity index is 1030. The summed E-state index contributed by atoms with van der Waals surface area (Å²) in [6.45, 7) is 3.96. The van der Waals surface area contributed by atoms with Gasteiger partial charge in [0.2, 0.25) is 11.8 Å². The lowest BCUT2D eigenvalue weighted by Crippen LogP contribution is -2.57. The molecule has 0 saturated carbocycles. The third-order valence-electron chi connectivity index (χ3n) is 6.55. The zero-order chi connectivity index (χ0) is 22.3. The number of amides is 2. The van der Waals surface area contributed by atoms with Crippen molar-refractivity contribution in [1.29, 1.82) is 0 Å². The fourth-order valence-electron chi connectivity index (χ4n) is 5.12. The molecule has 31 heavy (non-hydrogen) atoms. The maximum Gasteiger partial charge on any atom is 0.327 e. The topological polar surface area (TPSA) is 95.9 Å². The second-order valence-corrected chi connectivity index (χ2v) is 8.21. The van der Waals surface area contributed by atoms with Crippen molar-refractivity contribution in [3.8, 4) is 5.75 Å². The second-order valence-electron chi connectivity index (χ2n) is 8.21. The van der Waals surface area contributed by atoms with Crippen LogP contribution >= 0.6 is 0 Å². The number of aryl methyl sites for hydroxylation is 1. The fourth-order valence-corrected chi connectivity index (χ4v) is 5.12. The summed E-state index contributed by atoms with van der Waals surface area (Å²) in [6.07, 6.45) is 0.153. The van der Waals surface area contributed by atoms with Crippen LogP contribution < -0.4 is 5.32 Å². The van der Waals surface area contributed by atoms with Crippen molar-refractivity contribution in [2.45, 2.75) is 31.8 Å². The maximum atomic E-state index is 13.4. The van der Waals surface area contributed by atoms with Gasteiger partial charge in [0.05, 0.1) is 18.9 Å². The van der Waals surface area contributed by atoms with Crippen molar-refractivity contribution in [1.82, 2.24) is 10.2 Å². The molecule has 7 nitrogen and oxygen atoms in total. The summed E-state index contributed by atoms with van der Waals surface area (Å²) < 4.78 is 5.18. The number of hydrogen-bond donors (Lipinski definition) is 2. The van der Waals surface area contributed by atoms with Crippen molar-refractivity contribution < 1.29 is 24.2 Å². The predicted octanol–water partition coefficient (Wildman–Crippen LogP) is 2.12. The average Bonchev–Trinajstić information content (AvgIpc) is 3.23. The molecule has 2 aromatic rings. The van der Waals surface area contributed by atoms with Gasteiger partial charge < -0.3 is 9.84 Å². The van der Waals surface area contributed by atoms with E-state index in [-0.39, 0.29) is 30.5 Å². The Kier molecular flexibility index (Phi) is 5.31. The van der Waals surface area contributed by atoms with Crippen LogP contribution in [0.3, 0.4) is 0 Å². The van der Waals surface area contributed by atoms with Gasteiger partial charge in [-0.15, -0.1) is 0 Å². The molecule has 2 saturated heterocycles. The highest BCUT2D eigenvalue weighted by atomic mass is 16.5. The van der Waals surface area contributed by atoms with Gasteiger partial charge in [0.25, 0.3) is 0 Å². The summed E-state index contributed by atoms with van der Waals surface area (Å²) in [6, 6.07) is 13.6. The van der Waals surface area contributed by atoms with Gasteiger partial charge in [0.1, 0.15) is 11.3 Å². The SMILES string of the molecule is CCN1C(=O)[C@@H]2[C@@H](c3ccccc3C)N[C@@](Cc3ccc(O)cc3)(C(=O)OC)[C@@H]2C1=O. The number of benzene rings is 2. The number of phenolic OH excluding ortho intramolecular Hbond substituents is 1. The smallest absolute Gasteiger partial charge is 0.327 e. The quantitative estimate of drug-likeness (QED) is 0.566. The summed E-state index contributed by atoms with van der Waals surface area (Å²) >= 11 is 0. The van der Waals surface area contributed by atoms with Crippen LogP contribution in [0.1, 0.15) is 29.7 Å². The number of carbonyl (C=O) groups excluding carboxylic acids is 3. The Morgan fingerprint density at radius 2 is 1.81 bits per heavy atom. The number of rotatable bonds is 5. The van der Waals surface area contributed by atoms with Crippen LogP contribution in [0.2, 0.25) is 0 Å². The molecule has 7 heteroatoms. The molecule has 2 aliphatic heterocycles. The minimum atomic E-state index is -1.40. The minimum Gasteiger partial charge on any atom is -0.508 e. The molecule has 0 spiro atoms. The molecular weight excluding hydrogens is 396 g/mol. The van der Waals surface area contributed by atoms with Crippen molar-refractivity contribution >= 4 is 17.8 Å². The first-order valence-corrected chi connectivity index (χ1v) is 10.4. The number of phenols is 1. The highest BCUT2D eigenvalue weighted by molar-refractivity contribution is 6.09. The van der Waals surface area contributed by atoms with Crippen molar-refractivity contribution in [3.63, 3.8) is 0 Å². The zero-order valence-electron chi connectivity index (χ0n) is 17.8. The summed E-state index contributed by atoms with van der Waals surface area (Å²) in [5.41, 5.74) is 1.20. The molecule has 0 aliphatic carbocycles. The number of esters is 1. The summed E-state index contributed by atoms with van der Waals surface area (Å²) in [5, 5.41) is 13.0. The largest absolute Gasteiger partial charge is 0.508 e. The van der Waals surface area contributed by atoms with E-state index in [1.165, 1.54) is 24.1 Å². The molecule has 0 unspecified atom stereocenters. The number of imide groups is 1. The van der Waals surface area contributed by atoms with E-state index < -0.39 is 29.4 Å². The van der Waals surface area contributed by atoms with E-state index in [1.54, 1.807) is 19.1 Å². The number of aromatic hydroxyl groups is 1. The first-order valence-electron chi connectivity index (χ1n) is 10.4. The number of hydrogen-bond acceptors (Lipinski definition) is 6. The number of nitrogens with zero attached hydrogens (tertiary/aromatic N) is 1. The number of ether oxygens (including phenoxy) is 1. The van der Waals surface area contributed by atoms with E-state index in [0.29, 0.717) is 0 Å². The zero-order valence-corrected chi connectivity index (χ0v) is 17.8. The molecule has 162 valence electrons. The molecule has 2 aliphatic rings. The Morgan fingerprint density at radius 3 is 2.42 bits per heavy atom. The van der Waals surface area contributed by atoms with Crippen LogP contribution in [0.25, 0.3) is 0 Å². The van der Waals surface area contributed by atoms with E-state index in [9.17, 15) is 19.5 Å². The number of carbonyl (C=O) groups is 3. The summed E-state index contributed by atoms with van der Waals surface area (Å²) in [4.78, 5) is 41.2. The fraction of sp³-hybridized carbons (Fsp3) is 0.375. The van der Waals surface area contributed by atoms with Gasteiger partial charge in [-0.3, -0.25) is 24.6 Å². The molecule has 4 rings (SSSR count). The monoisotopic (exact) mass is 422 g/mol. The molecule has 0 aromatic heterocycles. The van der Waals surface area contributed by atoms with Gasteiger partial charge >= 0.3 is 5.97 Å². The van der Waals surface area contributed by atoms with Crippen LogP contribution in [0, 0.1) is 18.8 Å². The lowest BCUT2D eigenvalue weighted by atomic mass is 9.76. The average molecular weight is 422 g/mol. The third kappa shape index (κ3) is 3.20. The molecule has 0 radical (unpaired) electrons. The first kappa shape index (κ1) is 21.1. The van der Waals surface area contributed by atoms with Crippen molar-refractivity contribution in [3.05, 3.63) is 65.2 Å². The molecular formula is C24H26N2O5. The van der Waals surface area contributed by atoms with Crippen LogP contribution in [0.4, 0.5) is 0 Å². The molecule has 2 aromatic carbocycles. The number of methoxy groups -OCH3 is 1. The van der Waals surface area contributed by atoms with Gasteiger partial charge in [-0.05, 0) is 42.7 Å². The minimum absolute atomic E-state index is 0.107. The predicted molar refractivity (Wildman–Crippen MR) is 113 cm³/mol. The highest BCUT2D eigenvalue weighted by Gasteiger charge is 2.68. The lowest BCUT2D eigenvalue weighted by Gasteiger charge is -2.32. The van der Waals surface area contributed by atoms with Gasteiger partial charge in [-0.25, -0.2) is 0 Å². The second kappa shape index (κ2) is 7.81. The summed E-state index contributed by atoms with van der Waals surface area (Å²) in [7, 11) is 1.29. The molecule has 2 N–H and O–H groups in total. The maximum absolute atomic E-state index is 13.4. The standard InChI is InChI=1S/C24H26N2O5/c1-4-26-21(28)18-19(22(26)29)24(23(30)31-3,13-15-9-11-16(27)12-10-15)25-20(18)17-8-6-5-7-14(17)2/h5-12,18-20,25,27H,4,13H2,1-3H3/t18-,19-,20+,24+/m0/s1. The van der Waals surface area contributed by atoms with E-state index in [0.717, 1.165) is 16.7 Å². The van der Waals surface area contributed by atoms with E-state index >= 15 is 0 Å². The van der Waals surface area contributed by atoms with Crippen LogP contribution in [-0.4, -0.2) is 47.0 Å². The van der Waals surface area contributed by atoms with Crippen LogP contribution in [0.5, 0.6) is 5.75 Å². The normalized spacial score (nSPS) is 27.5. The van der Waals surface area contributed by atoms with Crippen molar-refractivity contribution in [2.24, 2.45) is 11.8 Å². The lowest BCUT2D eigenvalue weighted by molar-refractivity contribution is -0.154. The first-order chi connectivity index (χ1) is 14.8. The Labute approximate surface area is 181 Å². The van der Waals surface area contributed by atoms with Gasteiger partial charge in [-0.2, -0.15) is 0 Å². The number of fused-ring (bicyclic) bond motifs is 1. The molecule has 4 atom stereocenters. The molecule has 0 bridgehead atoms. The number of nitrogens with one attached hydrogen (secondary N) is 1. The van der Waals surface area contributed by atoms with E-state index in [4.69, 9.17) is 4.74 Å². The Balaban J connectivity index is 1.88. The summed E-state index contributed by atoms with van der Waals surface area (Å²) in [5.74, 6) is -2.68. The van der Waals surface area contributed by atoms with Gasteiger partial charge in [0, 0.05) is 19.0 Å². The van der Waals surface area contributed by atoms with E-state index in [1.807, 2.05) is 31.2 Å². The van der Waals surface area contributed by atoms with Crippen molar-refractivity contribution in [2.75, 3.05) is 13.7 Å². The number of likely N-dealkylation sites (tertiary alicyclic amines) is 1.